The second-order valence-corrected chi connectivity index (χ2v) is 0. The Labute approximate surface area is 146 Å². The second kappa shape index (κ2) is 375. The van der Waals surface area contributed by atoms with Gasteiger partial charge in [-0.15, -0.1) is 0 Å². The molecule has 14 heavy (non-hydrogen) atoms. The molecular weight excluding hydrogens is 376 g/mol. The standard InChI is InChI=1S/6CH4S.2Fe/c6*1-2;;/h6*2H,1H3;;/q;;;;;;2*+2/p-6. The van der Waals surface area contributed by atoms with Gasteiger partial charge in [-0.2, -0.15) is 37.5 Å². The Morgan fingerprint density at radius 1 is 0.286 bits per heavy atom. The van der Waals surface area contributed by atoms with Crippen molar-refractivity contribution in [2.75, 3.05) is 37.5 Å². The van der Waals surface area contributed by atoms with Gasteiger partial charge in [0.25, 0.3) is 0 Å². The van der Waals surface area contributed by atoms with Crippen molar-refractivity contribution in [1.82, 2.24) is 0 Å². The summed E-state index contributed by atoms with van der Waals surface area (Å²) in [4.78, 5) is 0. The van der Waals surface area contributed by atoms with E-state index in [9.17, 15) is 0 Å². The van der Waals surface area contributed by atoms with Crippen LogP contribution in [0.5, 0.6) is 0 Å². The molecule has 0 atom stereocenters. The molecule has 0 aliphatic rings. The molecule has 0 aromatic heterocycles. The third-order valence-corrected chi connectivity index (χ3v) is 0. The SMILES string of the molecule is C[S-].C[S-].C[S-].C[S-].C[S-].C[S-].[Fe+2].[Fe+2]. The van der Waals surface area contributed by atoms with Gasteiger partial charge in [0, 0.05) is 0 Å². The fourth-order valence-corrected chi connectivity index (χ4v) is 0. The summed E-state index contributed by atoms with van der Waals surface area (Å²) >= 11 is 24.5. The van der Waals surface area contributed by atoms with Crippen LogP contribution in [-0.4, -0.2) is 37.5 Å². The zero-order valence-corrected chi connectivity index (χ0v) is 16.3. The summed E-state index contributed by atoms with van der Waals surface area (Å²) in [6, 6.07) is 0. The Bertz CT molecular complexity index is 20.3. The van der Waals surface area contributed by atoms with Gasteiger partial charge in [0.05, 0.1) is 0 Å². The molecule has 96 valence electrons. The van der Waals surface area contributed by atoms with Crippen LogP contribution in [-0.2, 0) is 110 Å². The Morgan fingerprint density at radius 2 is 0.286 bits per heavy atom. The minimum Gasteiger partial charge on any atom is -0.796 e. The van der Waals surface area contributed by atoms with E-state index >= 15 is 0 Å². The molecule has 0 N–H and O–H groups in total. The Hall–Kier alpha value is 3.14. The van der Waals surface area contributed by atoms with Crippen molar-refractivity contribution in [3.63, 3.8) is 0 Å². The zero-order valence-electron chi connectivity index (χ0n) is 9.16. The van der Waals surface area contributed by atoms with Gasteiger partial charge in [-0.1, -0.05) is 0 Å². The summed E-state index contributed by atoms with van der Waals surface area (Å²) in [6.45, 7) is 0. The third-order valence-electron chi connectivity index (χ3n) is 0. The number of rotatable bonds is 0. The van der Waals surface area contributed by atoms with Crippen molar-refractivity contribution < 1.29 is 34.1 Å². The summed E-state index contributed by atoms with van der Waals surface area (Å²) < 4.78 is 0. The first-order chi connectivity index (χ1) is 6.00. The molecule has 0 spiro atoms. The Balaban J connectivity index is -0.00000000500. The molecule has 0 nitrogen and oxygen atoms in total. The minimum atomic E-state index is 0. The molecule has 0 radical (unpaired) electrons. The van der Waals surface area contributed by atoms with Crippen molar-refractivity contribution in [2.45, 2.75) is 0 Å². The van der Waals surface area contributed by atoms with Crippen LogP contribution in [0.1, 0.15) is 0 Å². The van der Waals surface area contributed by atoms with Crippen LogP contribution in [0.4, 0.5) is 0 Å². The first-order valence-electron chi connectivity index (χ1n) is 2.45. The van der Waals surface area contributed by atoms with Crippen molar-refractivity contribution in [3.05, 3.63) is 0 Å². The Kier molecular flexibility index (Phi) is 1430. The van der Waals surface area contributed by atoms with Crippen molar-refractivity contribution in [2.24, 2.45) is 0 Å². The molecule has 0 aliphatic carbocycles. The average molecular weight is 394 g/mol. The smallest absolute Gasteiger partial charge is 0.796 e. The van der Waals surface area contributed by atoms with Crippen molar-refractivity contribution in [3.8, 4) is 0 Å². The summed E-state index contributed by atoms with van der Waals surface area (Å²) in [7, 11) is 0. The summed E-state index contributed by atoms with van der Waals surface area (Å²) in [5, 5.41) is 0. The predicted molar refractivity (Wildman–Crippen MR) is 79.7 cm³/mol. The van der Waals surface area contributed by atoms with Gasteiger partial charge in [0.2, 0.25) is 0 Å². The molecule has 0 aromatic rings. The fourth-order valence-electron chi connectivity index (χ4n) is 0. The fraction of sp³-hybridized carbons (Fsp3) is 1.00. The number of hydrogen-bond acceptors (Lipinski definition) is 6. The summed E-state index contributed by atoms with van der Waals surface area (Å²) in [5.41, 5.74) is 0. The van der Waals surface area contributed by atoms with Gasteiger partial charge in [-0.25, -0.2) is 0 Å². The monoisotopic (exact) mass is 394 g/mol. The van der Waals surface area contributed by atoms with Crippen LogP contribution < -0.4 is 0 Å². The molecule has 8 heteroatoms. The van der Waals surface area contributed by atoms with E-state index in [1.807, 2.05) is 0 Å². The predicted octanol–water partition coefficient (Wildman–Crippen LogP) is 0.974. The zero-order chi connectivity index (χ0) is 12.0. The number of hydrogen-bond donors (Lipinski definition) is 0. The van der Waals surface area contributed by atoms with Crippen LogP contribution in [0.3, 0.4) is 0 Å². The Morgan fingerprint density at radius 3 is 0.286 bits per heavy atom. The van der Waals surface area contributed by atoms with Gasteiger partial charge in [-0.3, -0.25) is 0 Å². The maximum Gasteiger partial charge on any atom is 2.00 e. The van der Waals surface area contributed by atoms with Crippen LogP contribution in [0, 0.1) is 0 Å². The van der Waals surface area contributed by atoms with E-state index < -0.39 is 0 Å². The first-order valence-corrected chi connectivity index (χ1v) is 7.35. The molecule has 0 amide bonds. The van der Waals surface area contributed by atoms with Crippen LogP contribution in [0.15, 0.2) is 0 Å². The van der Waals surface area contributed by atoms with Gasteiger partial charge in [0.15, 0.2) is 0 Å². The van der Waals surface area contributed by atoms with Gasteiger partial charge < -0.3 is 75.8 Å². The molecule has 0 saturated heterocycles. The van der Waals surface area contributed by atoms with Gasteiger partial charge in [0.1, 0.15) is 0 Å². The molecule has 0 saturated carbocycles. The molecule has 0 bridgehead atoms. The quantitative estimate of drug-likeness (QED) is 0.441. The van der Waals surface area contributed by atoms with Gasteiger partial charge in [-0.05, 0) is 0 Å². The van der Waals surface area contributed by atoms with Crippen molar-refractivity contribution >= 4 is 75.8 Å². The maximum atomic E-state index is 4.08. The van der Waals surface area contributed by atoms with Crippen molar-refractivity contribution in [1.29, 1.82) is 0 Å². The average Bonchev–Trinajstić information content (AvgIpc) is 2.33. The van der Waals surface area contributed by atoms with Crippen LogP contribution >= 0.6 is 0 Å². The van der Waals surface area contributed by atoms with Crippen LogP contribution in [0.25, 0.3) is 0 Å². The molecule has 0 rings (SSSR count). The molecule has 0 aromatic carbocycles. The van der Waals surface area contributed by atoms with E-state index in [1.165, 1.54) is 0 Å². The van der Waals surface area contributed by atoms with Gasteiger partial charge >= 0.3 is 34.1 Å². The topological polar surface area (TPSA) is 0 Å². The molecule has 0 heterocycles. The van der Waals surface area contributed by atoms with E-state index in [-0.39, 0.29) is 34.1 Å². The minimum absolute atomic E-state index is 0. The van der Waals surface area contributed by atoms with E-state index in [2.05, 4.69) is 75.8 Å². The largest absolute Gasteiger partial charge is 2.00 e. The van der Waals surface area contributed by atoms with E-state index in [0.717, 1.165) is 0 Å². The maximum absolute atomic E-state index is 4.08. The van der Waals surface area contributed by atoms with E-state index in [0.29, 0.717) is 0 Å². The molecular formula is C6H18Fe2S6-2. The van der Waals surface area contributed by atoms with E-state index in [1.54, 1.807) is 37.5 Å². The first kappa shape index (κ1) is 53.4. The van der Waals surface area contributed by atoms with Crippen LogP contribution in [0.2, 0.25) is 0 Å². The summed E-state index contributed by atoms with van der Waals surface area (Å²) in [6.07, 6.45) is 9.50. The molecule has 0 aliphatic heterocycles. The third kappa shape index (κ3) is 307. The molecule has 0 unspecified atom stereocenters. The molecule has 0 fully saturated rings. The van der Waals surface area contributed by atoms with E-state index in [4.69, 9.17) is 0 Å². The summed E-state index contributed by atoms with van der Waals surface area (Å²) in [5.74, 6) is 0. The second-order valence-electron chi connectivity index (χ2n) is 0. The normalized spacial score (nSPS) is 2.57.